The van der Waals surface area contributed by atoms with Crippen molar-refractivity contribution in [1.29, 1.82) is 0 Å². The molecular weight excluding hydrogens is 335 g/mol. The SMILES string of the molecule is CCC(=O)C1C(=O)CC(c2c(Cl)cc(Cl)cc2Cl)CC1=O. The number of rotatable bonds is 3. The first-order chi connectivity index (χ1) is 9.85. The van der Waals surface area contributed by atoms with E-state index in [0.29, 0.717) is 20.6 Å². The molecule has 1 fully saturated rings. The van der Waals surface area contributed by atoms with Crippen LogP contribution in [0.25, 0.3) is 0 Å². The minimum absolute atomic E-state index is 0.0865. The van der Waals surface area contributed by atoms with Gasteiger partial charge in [0.2, 0.25) is 0 Å². The number of carbonyl (C=O) groups is 3. The molecule has 0 amide bonds. The van der Waals surface area contributed by atoms with Crippen LogP contribution in [0.1, 0.15) is 37.7 Å². The van der Waals surface area contributed by atoms with E-state index in [4.69, 9.17) is 34.8 Å². The maximum atomic E-state index is 12.1. The normalized spacial score (nSPS) is 22.5. The molecule has 6 heteroatoms. The van der Waals surface area contributed by atoms with Crippen molar-refractivity contribution in [2.24, 2.45) is 5.92 Å². The number of carbonyl (C=O) groups excluding carboxylic acids is 3. The summed E-state index contributed by atoms with van der Waals surface area (Å²) in [5.74, 6) is -2.55. The second-order valence-corrected chi connectivity index (χ2v) is 6.32. The van der Waals surface area contributed by atoms with E-state index in [2.05, 4.69) is 0 Å². The van der Waals surface area contributed by atoms with Gasteiger partial charge in [0.1, 0.15) is 5.92 Å². The van der Waals surface area contributed by atoms with Gasteiger partial charge in [-0.15, -0.1) is 0 Å². The highest BCUT2D eigenvalue weighted by Crippen LogP contribution is 2.41. The van der Waals surface area contributed by atoms with Crippen LogP contribution in [-0.2, 0) is 14.4 Å². The largest absolute Gasteiger partial charge is 0.298 e. The Hall–Kier alpha value is -0.900. The predicted molar refractivity (Wildman–Crippen MR) is 82.2 cm³/mol. The van der Waals surface area contributed by atoms with E-state index >= 15 is 0 Å². The van der Waals surface area contributed by atoms with Crippen molar-refractivity contribution in [2.45, 2.75) is 32.1 Å². The molecule has 3 nitrogen and oxygen atoms in total. The van der Waals surface area contributed by atoms with Crippen LogP contribution in [0.15, 0.2) is 12.1 Å². The van der Waals surface area contributed by atoms with Gasteiger partial charge in [-0.3, -0.25) is 14.4 Å². The van der Waals surface area contributed by atoms with Gasteiger partial charge in [0.05, 0.1) is 0 Å². The number of halogens is 3. The van der Waals surface area contributed by atoms with Gasteiger partial charge >= 0.3 is 0 Å². The van der Waals surface area contributed by atoms with Crippen molar-refractivity contribution >= 4 is 52.2 Å². The molecule has 0 saturated heterocycles. The molecule has 0 heterocycles. The highest BCUT2D eigenvalue weighted by Gasteiger charge is 2.40. The van der Waals surface area contributed by atoms with Crippen LogP contribution >= 0.6 is 34.8 Å². The molecule has 112 valence electrons. The van der Waals surface area contributed by atoms with Gasteiger partial charge in [-0.05, 0) is 17.7 Å². The molecule has 2 rings (SSSR count). The van der Waals surface area contributed by atoms with Crippen LogP contribution in [0.3, 0.4) is 0 Å². The lowest BCUT2D eigenvalue weighted by molar-refractivity contribution is -0.142. The number of Topliss-reactive ketones (excluding diaryl/α,β-unsaturated/α-hetero) is 3. The first-order valence-electron chi connectivity index (χ1n) is 6.57. The molecule has 1 aromatic carbocycles. The Morgan fingerprint density at radius 3 is 2.00 bits per heavy atom. The van der Waals surface area contributed by atoms with Crippen LogP contribution in [0.2, 0.25) is 15.1 Å². The first kappa shape index (κ1) is 16.5. The van der Waals surface area contributed by atoms with Crippen molar-refractivity contribution < 1.29 is 14.4 Å². The Bertz CT molecular complexity index is 584. The van der Waals surface area contributed by atoms with Gasteiger partial charge in [0, 0.05) is 40.2 Å². The van der Waals surface area contributed by atoms with Crippen LogP contribution in [0.4, 0.5) is 0 Å². The number of hydrogen-bond donors (Lipinski definition) is 0. The lowest BCUT2D eigenvalue weighted by Crippen LogP contribution is -2.37. The third-order valence-corrected chi connectivity index (χ3v) is 4.51. The van der Waals surface area contributed by atoms with Crippen molar-refractivity contribution in [3.05, 3.63) is 32.8 Å². The second kappa shape index (κ2) is 6.47. The highest BCUT2D eigenvalue weighted by molar-refractivity contribution is 6.39. The second-order valence-electron chi connectivity index (χ2n) is 5.07. The minimum Gasteiger partial charge on any atom is -0.298 e. The summed E-state index contributed by atoms with van der Waals surface area (Å²) in [5.41, 5.74) is 0.548. The van der Waals surface area contributed by atoms with E-state index in [0.717, 1.165) is 0 Å². The van der Waals surface area contributed by atoms with E-state index in [1.54, 1.807) is 6.92 Å². The fraction of sp³-hybridized carbons (Fsp3) is 0.400. The average Bonchev–Trinajstić information content (AvgIpc) is 2.36. The van der Waals surface area contributed by atoms with Gasteiger partial charge < -0.3 is 0 Å². The van der Waals surface area contributed by atoms with E-state index in [-0.39, 0.29) is 36.6 Å². The Kier molecular flexibility index (Phi) is 5.07. The summed E-state index contributed by atoms with van der Waals surface area (Å²) in [6, 6.07) is 3.06. The summed E-state index contributed by atoms with van der Waals surface area (Å²) in [5, 5.41) is 1.05. The first-order valence-corrected chi connectivity index (χ1v) is 7.71. The van der Waals surface area contributed by atoms with Crippen LogP contribution in [-0.4, -0.2) is 17.3 Å². The van der Waals surface area contributed by atoms with Crippen molar-refractivity contribution in [3.8, 4) is 0 Å². The van der Waals surface area contributed by atoms with E-state index in [9.17, 15) is 14.4 Å². The monoisotopic (exact) mass is 346 g/mol. The molecule has 1 saturated carbocycles. The topological polar surface area (TPSA) is 51.2 Å². The van der Waals surface area contributed by atoms with Crippen molar-refractivity contribution in [2.75, 3.05) is 0 Å². The lowest BCUT2D eigenvalue weighted by Gasteiger charge is -2.27. The van der Waals surface area contributed by atoms with E-state index < -0.39 is 11.8 Å². The fourth-order valence-corrected chi connectivity index (χ4v) is 3.81. The molecule has 1 aliphatic carbocycles. The standard InChI is InChI=1S/C15H13Cl3O3/c1-2-11(19)15-12(20)3-7(4-13(15)21)14-9(17)5-8(16)6-10(14)18/h5-7,15H,2-4H2,1H3. The van der Waals surface area contributed by atoms with Crippen molar-refractivity contribution in [1.82, 2.24) is 0 Å². The zero-order valence-corrected chi connectivity index (χ0v) is 13.6. The Balaban J connectivity index is 2.32. The average molecular weight is 348 g/mol. The molecule has 0 N–H and O–H groups in total. The van der Waals surface area contributed by atoms with Crippen molar-refractivity contribution in [3.63, 3.8) is 0 Å². The molecule has 0 radical (unpaired) electrons. The highest BCUT2D eigenvalue weighted by atomic mass is 35.5. The molecule has 0 aromatic heterocycles. The van der Waals surface area contributed by atoms with Crippen LogP contribution in [0.5, 0.6) is 0 Å². The van der Waals surface area contributed by atoms with E-state index in [1.165, 1.54) is 12.1 Å². The molecule has 1 aromatic rings. The molecule has 0 bridgehead atoms. The zero-order chi connectivity index (χ0) is 15.7. The van der Waals surface area contributed by atoms with Crippen LogP contribution in [0, 0.1) is 5.92 Å². The molecule has 0 spiro atoms. The molecule has 21 heavy (non-hydrogen) atoms. The zero-order valence-electron chi connectivity index (χ0n) is 11.3. The number of benzene rings is 1. The third kappa shape index (κ3) is 3.31. The number of hydrogen-bond acceptors (Lipinski definition) is 3. The molecule has 0 aliphatic heterocycles. The lowest BCUT2D eigenvalue weighted by atomic mass is 9.75. The Morgan fingerprint density at radius 2 is 1.57 bits per heavy atom. The smallest absolute Gasteiger partial charge is 0.151 e. The third-order valence-electron chi connectivity index (χ3n) is 3.66. The Morgan fingerprint density at radius 1 is 1.10 bits per heavy atom. The van der Waals surface area contributed by atoms with Crippen LogP contribution < -0.4 is 0 Å². The Labute approximate surface area is 137 Å². The van der Waals surface area contributed by atoms with Gasteiger partial charge in [0.25, 0.3) is 0 Å². The summed E-state index contributed by atoms with van der Waals surface area (Å²) < 4.78 is 0. The molecule has 0 unspecified atom stereocenters. The predicted octanol–water partition coefficient (Wildman–Crippen LogP) is 4.26. The van der Waals surface area contributed by atoms with Gasteiger partial charge in [0.15, 0.2) is 17.3 Å². The van der Waals surface area contributed by atoms with Gasteiger partial charge in [-0.1, -0.05) is 41.7 Å². The fourth-order valence-electron chi connectivity index (χ4n) is 2.68. The van der Waals surface area contributed by atoms with E-state index in [1.807, 2.05) is 0 Å². The summed E-state index contributed by atoms with van der Waals surface area (Å²) in [4.78, 5) is 35.9. The quantitative estimate of drug-likeness (QED) is 0.768. The molecule has 0 atom stereocenters. The summed E-state index contributed by atoms with van der Waals surface area (Å²) in [6.07, 6.45) is 0.349. The van der Waals surface area contributed by atoms with Gasteiger partial charge in [-0.2, -0.15) is 0 Å². The molecule has 1 aliphatic rings. The molecular formula is C15H13Cl3O3. The maximum Gasteiger partial charge on any atom is 0.151 e. The summed E-state index contributed by atoms with van der Waals surface area (Å²) in [6.45, 7) is 1.64. The van der Waals surface area contributed by atoms with Gasteiger partial charge in [-0.25, -0.2) is 0 Å². The summed E-state index contributed by atoms with van der Waals surface area (Å²) >= 11 is 18.1. The maximum absolute atomic E-state index is 12.1. The number of ketones is 3. The summed E-state index contributed by atoms with van der Waals surface area (Å²) in [7, 11) is 0. The minimum atomic E-state index is -1.11.